The molecule has 0 saturated carbocycles. The minimum Gasteiger partial charge on any atom is -0.468 e. The van der Waals surface area contributed by atoms with Crippen molar-refractivity contribution in [3.05, 3.63) is 205 Å². The van der Waals surface area contributed by atoms with E-state index in [0.29, 0.717) is 48.7 Å². The number of hydrogen-bond acceptors (Lipinski definition) is 14. The Labute approximate surface area is 517 Å². The van der Waals surface area contributed by atoms with Gasteiger partial charge in [0.1, 0.15) is 67.0 Å². The first-order valence-electron chi connectivity index (χ1n) is 29.6. The molecule has 8 bridgehead atoms. The van der Waals surface area contributed by atoms with E-state index in [1.165, 1.54) is 0 Å². The molecule has 8 atom stereocenters. The van der Waals surface area contributed by atoms with E-state index in [2.05, 4.69) is 39.8 Å². The number of aryl methyl sites for hydroxylation is 2. The Balaban J connectivity index is 0.000000155. The molecule has 8 aromatic carbocycles. The first-order chi connectivity index (χ1) is 42.1. The van der Waals surface area contributed by atoms with Crippen LogP contribution in [-0.4, -0.2) is 44.5 Å². The van der Waals surface area contributed by atoms with Crippen LogP contribution in [0.3, 0.4) is 0 Å². The predicted octanol–water partition coefficient (Wildman–Crippen LogP) is 20.6. The molecule has 0 aliphatic carbocycles. The summed E-state index contributed by atoms with van der Waals surface area (Å²) in [4.78, 5) is 0. The molecule has 1 aromatic heterocycles. The number of benzene rings is 8. The minimum atomic E-state index is -1.88. The Bertz CT molecular complexity index is 3980. The summed E-state index contributed by atoms with van der Waals surface area (Å²) >= 11 is 0. The van der Waals surface area contributed by atoms with Crippen LogP contribution in [0.2, 0.25) is 0 Å². The summed E-state index contributed by atoms with van der Waals surface area (Å²) in [7, 11) is -6.13. The smallest absolute Gasteiger partial charge is 0.468 e. The quantitative estimate of drug-likeness (QED) is 0.0955. The average Bonchev–Trinajstić information content (AvgIpc) is 0.748. The van der Waals surface area contributed by atoms with Gasteiger partial charge in [0.05, 0.1) is 0 Å². The van der Waals surface area contributed by atoms with Crippen LogP contribution in [0.5, 0.6) is 34.5 Å². The standard InChI is InChI=1S/C36H38O7P2.C34H32O7P2/c1-25-15-7-11-19-29(25)38-45(39-30-20-12-8-16-26(30)2)40-32-22-14-10-18-28(32)27-17-9-13-21-31(27)37-44-35(5)23-33(3)41-34(4,43-35)24-36(44,6)42-33;1-31-21-33(3)41-32(2,39-31)22-34(4,40-31)42(33)35-27-17-9-5-13-23(27)24-14-6-10-18-28(24)36-43-37-29-19-11-7-15-25(29)26-16-8-12-20-30(26)38-43/h7-22H,23-24H2,1-6H3;5-20H,21-22H2,1-4H3. The molecule has 0 N–H and O–H groups in total. The predicted molar refractivity (Wildman–Crippen MR) is 345 cm³/mol. The van der Waals surface area contributed by atoms with Gasteiger partial charge in [-0.2, -0.15) is 0 Å². The van der Waals surface area contributed by atoms with Crippen LogP contribution in [0.25, 0.3) is 44.2 Å². The van der Waals surface area contributed by atoms with Crippen LogP contribution >= 0.6 is 33.1 Å². The van der Waals surface area contributed by atoms with Crippen LogP contribution in [0.15, 0.2) is 203 Å². The Morgan fingerprint density at radius 3 is 0.977 bits per heavy atom. The Hall–Kier alpha value is -6.49. The third kappa shape index (κ3) is 11.2. The molecule has 8 aliphatic heterocycles. The molecule has 0 amide bonds. The fraction of sp³-hybridized carbons (Fsp3) is 0.314. The van der Waals surface area contributed by atoms with Gasteiger partial charge >= 0.3 is 16.8 Å². The summed E-state index contributed by atoms with van der Waals surface area (Å²) in [5.41, 5.74) is 6.96. The molecule has 0 spiro atoms. The van der Waals surface area contributed by atoms with Gasteiger partial charge < -0.3 is 64.0 Å². The van der Waals surface area contributed by atoms with Crippen LogP contribution in [0.1, 0.15) is 92.2 Å². The summed E-state index contributed by atoms with van der Waals surface area (Å²) in [6.07, 6.45) is 2.38. The van der Waals surface area contributed by atoms with Gasteiger partial charge in [0.25, 0.3) is 0 Å². The Kier molecular flexibility index (Phi) is 14.9. The van der Waals surface area contributed by atoms with Gasteiger partial charge in [-0.1, -0.05) is 146 Å². The molecule has 0 radical (unpaired) electrons. The van der Waals surface area contributed by atoms with E-state index in [1.54, 1.807) is 0 Å². The van der Waals surface area contributed by atoms with Gasteiger partial charge in [-0.3, -0.25) is 0 Å². The van der Waals surface area contributed by atoms with E-state index in [9.17, 15) is 0 Å². The lowest BCUT2D eigenvalue weighted by Gasteiger charge is -2.68. The molecule has 14 nitrogen and oxygen atoms in total. The molecule has 8 unspecified atom stereocenters. The van der Waals surface area contributed by atoms with Crippen molar-refractivity contribution in [3.63, 3.8) is 0 Å². The molecular formula is C70H70O14P4. The normalized spacial score (nSPS) is 30.4. The van der Waals surface area contributed by atoms with Gasteiger partial charge in [-0.05, 0) is 129 Å². The number of rotatable bonds is 14. The molecule has 8 fully saturated rings. The summed E-state index contributed by atoms with van der Waals surface area (Å²) in [5.74, 6) is 1.34. The molecule has 8 saturated heterocycles. The lowest BCUT2D eigenvalue weighted by atomic mass is 9.98. The molecule has 9 aromatic rings. The monoisotopic (exact) mass is 1260 g/mol. The second-order valence-corrected chi connectivity index (χ2v) is 32.1. The van der Waals surface area contributed by atoms with E-state index in [0.717, 1.165) is 66.8 Å². The van der Waals surface area contributed by atoms with Gasteiger partial charge in [0.15, 0.2) is 39.4 Å². The van der Waals surface area contributed by atoms with E-state index >= 15 is 0 Å². The zero-order valence-electron chi connectivity index (χ0n) is 50.8. The lowest BCUT2D eigenvalue weighted by molar-refractivity contribution is -0.470. The van der Waals surface area contributed by atoms with Crippen molar-refractivity contribution in [1.82, 2.24) is 0 Å². The van der Waals surface area contributed by atoms with Crippen LogP contribution in [0, 0.1) is 13.8 Å². The third-order valence-corrected chi connectivity index (χ3v) is 24.0. The zero-order chi connectivity index (χ0) is 60.9. The van der Waals surface area contributed by atoms with Crippen LogP contribution in [0.4, 0.5) is 0 Å². The van der Waals surface area contributed by atoms with E-state index in [4.69, 9.17) is 64.0 Å². The summed E-state index contributed by atoms with van der Waals surface area (Å²) in [6.45, 7) is 20.6. The lowest BCUT2D eigenvalue weighted by Crippen LogP contribution is -2.71. The van der Waals surface area contributed by atoms with Crippen molar-refractivity contribution >= 4 is 55.1 Å². The molecule has 8 aliphatic rings. The SMILES string of the molecule is CC12CC3(C)OC(C)(CC(C)(O1)P3Oc1ccccc1-c1ccccc1Op1oc3ccccc3c3ccccc3o1)O2.Cc1ccccc1OP(Oc1ccccc1C)Oc1ccccc1-c1ccccc1OP1C2(C)CC3(C)OC(C)(CC1(C)O3)O2. The fourth-order valence-electron chi connectivity index (χ4n) is 14.2. The van der Waals surface area contributed by atoms with Crippen LogP contribution in [-0.2, 0) is 28.4 Å². The highest BCUT2D eigenvalue weighted by Crippen LogP contribution is 2.78. The largest absolute Gasteiger partial charge is 0.530 e. The second-order valence-electron chi connectivity index (χ2n) is 24.8. The maximum atomic E-state index is 7.00. The van der Waals surface area contributed by atoms with E-state index < -0.39 is 77.7 Å². The van der Waals surface area contributed by atoms with E-state index in [1.807, 2.05) is 224 Å². The summed E-state index contributed by atoms with van der Waals surface area (Å²) < 4.78 is 91.6. The summed E-state index contributed by atoms with van der Waals surface area (Å²) in [5, 5.41) is -0.201. The van der Waals surface area contributed by atoms with Crippen molar-refractivity contribution in [2.45, 2.75) is 139 Å². The maximum Gasteiger partial charge on any atom is 0.530 e. The number of fused-ring (bicyclic) bond motifs is 3. The Morgan fingerprint density at radius 1 is 0.318 bits per heavy atom. The van der Waals surface area contributed by atoms with E-state index in [-0.39, 0.29) is 0 Å². The van der Waals surface area contributed by atoms with Crippen LogP contribution < -0.4 is 27.1 Å². The fourth-order valence-corrected chi connectivity index (χ4v) is 22.8. The first kappa shape index (κ1) is 59.2. The van der Waals surface area contributed by atoms with Crippen molar-refractivity contribution in [2.75, 3.05) is 0 Å². The highest BCUT2D eigenvalue weighted by Gasteiger charge is 2.74. The Morgan fingerprint density at radius 2 is 0.602 bits per heavy atom. The number of hydrogen-bond donors (Lipinski definition) is 0. The van der Waals surface area contributed by atoms with Crippen molar-refractivity contribution in [2.24, 2.45) is 0 Å². The first-order valence-corrected chi connectivity index (χ1v) is 34.3. The zero-order valence-corrected chi connectivity index (χ0v) is 54.4. The van der Waals surface area contributed by atoms with Crippen molar-refractivity contribution in [3.8, 4) is 56.8 Å². The van der Waals surface area contributed by atoms with Gasteiger partial charge in [-0.15, -0.1) is 0 Å². The maximum absolute atomic E-state index is 7.00. The van der Waals surface area contributed by atoms with Gasteiger partial charge in [0, 0.05) is 58.7 Å². The molecule has 9 heterocycles. The second kappa shape index (κ2) is 22.2. The third-order valence-electron chi connectivity index (χ3n) is 16.7. The average molecular weight is 1260 g/mol. The summed E-state index contributed by atoms with van der Waals surface area (Å²) in [6, 6.07) is 63.5. The highest BCUT2D eigenvalue weighted by molar-refractivity contribution is 7.56. The van der Waals surface area contributed by atoms with Crippen molar-refractivity contribution in [1.29, 1.82) is 0 Å². The topological polar surface area (TPSA) is 137 Å². The molecular weight excluding hydrogens is 1190 g/mol. The molecule has 88 heavy (non-hydrogen) atoms. The molecule has 17 rings (SSSR count). The van der Waals surface area contributed by atoms with Gasteiger partial charge in [0.2, 0.25) is 0 Å². The molecule has 454 valence electrons. The van der Waals surface area contributed by atoms with Crippen molar-refractivity contribution < 1.29 is 64.0 Å². The number of ether oxygens (including phenoxy) is 6. The molecule has 18 heteroatoms. The van der Waals surface area contributed by atoms with Gasteiger partial charge in [-0.25, -0.2) is 0 Å². The minimum absolute atomic E-state index is 0.530. The highest BCUT2D eigenvalue weighted by atomic mass is 31.2. The number of para-hydroxylation sites is 8.